The van der Waals surface area contributed by atoms with Gasteiger partial charge in [0, 0.05) is 25.2 Å². The van der Waals surface area contributed by atoms with Gasteiger partial charge in [-0.3, -0.25) is 9.59 Å². The summed E-state index contributed by atoms with van der Waals surface area (Å²) in [7, 11) is 1.53. The Morgan fingerprint density at radius 1 is 1.00 bits per heavy atom. The van der Waals surface area contributed by atoms with Crippen LogP contribution in [0.15, 0.2) is 42.5 Å². The molecule has 4 rings (SSSR count). The van der Waals surface area contributed by atoms with Crippen molar-refractivity contribution in [2.45, 2.75) is 25.8 Å². The normalized spacial score (nSPS) is 18.0. The molecule has 8 nitrogen and oxygen atoms in total. The number of carbonyl (C=O) groups excluding carboxylic acids is 2. The highest BCUT2D eigenvalue weighted by Gasteiger charge is 2.31. The van der Waals surface area contributed by atoms with Gasteiger partial charge in [0.05, 0.1) is 33.0 Å². The van der Waals surface area contributed by atoms with E-state index in [2.05, 4.69) is 0 Å². The maximum Gasteiger partial charge on any atom is 0.260 e. The van der Waals surface area contributed by atoms with Gasteiger partial charge in [0.2, 0.25) is 0 Å². The molecule has 0 N–H and O–H groups in total. The predicted molar refractivity (Wildman–Crippen MR) is 127 cm³/mol. The highest BCUT2D eigenvalue weighted by atomic mass is 16.5. The van der Waals surface area contributed by atoms with E-state index in [-0.39, 0.29) is 24.5 Å². The number of hydrogen-bond donors (Lipinski definition) is 0. The highest BCUT2D eigenvalue weighted by Crippen LogP contribution is 2.35. The lowest BCUT2D eigenvalue weighted by Crippen LogP contribution is -2.43. The van der Waals surface area contributed by atoms with Crippen molar-refractivity contribution in [3.63, 3.8) is 0 Å². The standard InChI is InChI=1S/C26H32N2O6/c1-3-33-21-9-6-19(7-10-21)22-5-4-12-28(22)26(30)20-8-11-23(24(17-20)31-2)34-18-25(29)27-13-15-32-16-14-27/h6-11,17,22H,3-5,12-16,18H2,1-2H3/t22-/m1/s1. The molecule has 2 aliphatic rings. The Bertz CT molecular complexity index is 987. The van der Waals surface area contributed by atoms with Gasteiger partial charge in [-0.05, 0) is 55.7 Å². The van der Waals surface area contributed by atoms with Gasteiger partial charge in [-0.2, -0.15) is 0 Å². The molecule has 8 heteroatoms. The molecular weight excluding hydrogens is 436 g/mol. The second kappa shape index (κ2) is 11.2. The molecule has 0 aliphatic carbocycles. The highest BCUT2D eigenvalue weighted by molar-refractivity contribution is 5.95. The number of likely N-dealkylation sites (tertiary alicyclic amines) is 1. The fourth-order valence-electron chi connectivity index (χ4n) is 4.44. The molecule has 1 atom stereocenters. The summed E-state index contributed by atoms with van der Waals surface area (Å²) in [6.45, 7) is 5.41. The summed E-state index contributed by atoms with van der Waals surface area (Å²) in [4.78, 5) is 29.4. The van der Waals surface area contributed by atoms with E-state index in [4.69, 9.17) is 18.9 Å². The SMILES string of the molecule is CCOc1ccc([C@H]2CCCN2C(=O)c2ccc(OCC(=O)N3CCOCC3)c(OC)c2)cc1. The molecule has 2 aromatic rings. The Balaban J connectivity index is 1.43. The zero-order chi connectivity index (χ0) is 23.9. The van der Waals surface area contributed by atoms with E-state index in [0.29, 0.717) is 56.5 Å². The molecule has 0 unspecified atom stereocenters. The Morgan fingerprint density at radius 2 is 1.76 bits per heavy atom. The number of carbonyl (C=O) groups is 2. The van der Waals surface area contributed by atoms with E-state index in [1.165, 1.54) is 7.11 Å². The number of methoxy groups -OCH3 is 1. The molecule has 2 aromatic carbocycles. The van der Waals surface area contributed by atoms with E-state index in [1.54, 1.807) is 23.1 Å². The molecule has 0 radical (unpaired) electrons. The van der Waals surface area contributed by atoms with Crippen LogP contribution in [0.1, 0.15) is 41.7 Å². The zero-order valence-electron chi connectivity index (χ0n) is 19.8. The van der Waals surface area contributed by atoms with Gasteiger partial charge in [0.1, 0.15) is 5.75 Å². The summed E-state index contributed by atoms with van der Waals surface area (Å²) in [5.41, 5.74) is 1.63. The van der Waals surface area contributed by atoms with E-state index < -0.39 is 0 Å². The van der Waals surface area contributed by atoms with Gasteiger partial charge in [-0.1, -0.05) is 12.1 Å². The smallest absolute Gasteiger partial charge is 0.260 e. The van der Waals surface area contributed by atoms with Crippen LogP contribution in [0.25, 0.3) is 0 Å². The first-order chi connectivity index (χ1) is 16.6. The quantitative estimate of drug-likeness (QED) is 0.592. The van der Waals surface area contributed by atoms with Crippen LogP contribution in [0.2, 0.25) is 0 Å². The van der Waals surface area contributed by atoms with Gasteiger partial charge in [0.15, 0.2) is 18.1 Å². The number of rotatable bonds is 8. The molecule has 0 aromatic heterocycles. The average molecular weight is 469 g/mol. The Hall–Kier alpha value is -3.26. The van der Waals surface area contributed by atoms with Gasteiger partial charge in [-0.25, -0.2) is 0 Å². The molecule has 2 fully saturated rings. The summed E-state index contributed by atoms with van der Waals surface area (Å²) >= 11 is 0. The Morgan fingerprint density at radius 3 is 2.47 bits per heavy atom. The van der Waals surface area contributed by atoms with Crippen LogP contribution in [-0.2, 0) is 9.53 Å². The number of hydrogen-bond acceptors (Lipinski definition) is 6. The van der Waals surface area contributed by atoms with Crippen molar-refractivity contribution in [2.75, 3.05) is 53.2 Å². The molecule has 182 valence electrons. The van der Waals surface area contributed by atoms with E-state index >= 15 is 0 Å². The van der Waals surface area contributed by atoms with Crippen molar-refractivity contribution in [3.8, 4) is 17.2 Å². The van der Waals surface area contributed by atoms with Crippen molar-refractivity contribution in [3.05, 3.63) is 53.6 Å². The van der Waals surface area contributed by atoms with Gasteiger partial charge < -0.3 is 28.7 Å². The summed E-state index contributed by atoms with van der Waals surface area (Å²) in [6, 6.07) is 13.1. The number of morpholine rings is 1. The second-order valence-corrected chi connectivity index (χ2v) is 8.31. The number of benzene rings is 2. The lowest BCUT2D eigenvalue weighted by Gasteiger charge is -2.27. The monoisotopic (exact) mass is 468 g/mol. The van der Waals surface area contributed by atoms with Gasteiger partial charge in [-0.15, -0.1) is 0 Å². The van der Waals surface area contributed by atoms with Crippen LogP contribution in [0, 0.1) is 0 Å². The van der Waals surface area contributed by atoms with Crippen molar-refractivity contribution in [1.82, 2.24) is 9.80 Å². The fourth-order valence-corrected chi connectivity index (χ4v) is 4.44. The molecule has 2 heterocycles. The third-order valence-corrected chi connectivity index (χ3v) is 6.22. The minimum atomic E-state index is -0.0965. The minimum absolute atomic E-state index is 0.0243. The zero-order valence-corrected chi connectivity index (χ0v) is 19.8. The van der Waals surface area contributed by atoms with Crippen LogP contribution in [0.4, 0.5) is 0 Å². The average Bonchev–Trinajstić information content (AvgIpc) is 3.38. The lowest BCUT2D eigenvalue weighted by atomic mass is 10.0. The number of amides is 2. The fraction of sp³-hybridized carbons (Fsp3) is 0.462. The van der Waals surface area contributed by atoms with Crippen LogP contribution in [0.5, 0.6) is 17.2 Å². The second-order valence-electron chi connectivity index (χ2n) is 8.31. The van der Waals surface area contributed by atoms with Crippen molar-refractivity contribution < 1.29 is 28.5 Å². The summed E-state index contributed by atoms with van der Waals surface area (Å²) in [5, 5.41) is 0. The molecule has 2 aliphatic heterocycles. The van der Waals surface area contributed by atoms with Gasteiger partial charge in [0.25, 0.3) is 11.8 Å². The summed E-state index contributed by atoms with van der Waals surface area (Å²) in [6.07, 6.45) is 1.87. The molecule has 2 saturated heterocycles. The molecule has 2 amide bonds. The maximum atomic E-state index is 13.4. The largest absolute Gasteiger partial charge is 0.494 e. The topological polar surface area (TPSA) is 77.5 Å². The summed E-state index contributed by atoms with van der Waals surface area (Å²) in [5.74, 6) is 1.54. The number of ether oxygens (including phenoxy) is 4. The minimum Gasteiger partial charge on any atom is -0.494 e. The first-order valence-corrected chi connectivity index (χ1v) is 11.8. The van der Waals surface area contributed by atoms with Crippen LogP contribution in [-0.4, -0.2) is 74.8 Å². The van der Waals surface area contributed by atoms with E-state index in [9.17, 15) is 9.59 Å². The number of nitrogens with zero attached hydrogens (tertiary/aromatic N) is 2. The maximum absolute atomic E-state index is 13.4. The summed E-state index contributed by atoms with van der Waals surface area (Å²) < 4.78 is 22.0. The van der Waals surface area contributed by atoms with Crippen molar-refractivity contribution in [1.29, 1.82) is 0 Å². The Labute approximate surface area is 200 Å². The van der Waals surface area contributed by atoms with Gasteiger partial charge >= 0.3 is 0 Å². The third-order valence-electron chi connectivity index (χ3n) is 6.22. The van der Waals surface area contributed by atoms with E-state index in [1.807, 2.05) is 36.1 Å². The first kappa shape index (κ1) is 23.9. The molecule has 0 spiro atoms. The molecular formula is C26H32N2O6. The van der Waals surface area contributed by atoms with Crippen LogP contribution >= 0.6 is 0 Å². The Kier molecular flexibility index (Phi) is 7.90. The molecule has 34 heavy (non-hydrogen) atoms. The first-order valence-electron chi connectivity index (χ1n) is 11.8. The van der Waals surface area contributed by atoms with Crippen LogP contribution in [0.3, 0.4) is 0 Å². The third kappa shape index (κ3) is 5.44. The lowest BCUT2D eigenvalue weighted by molar-refractivity contribution is -0.137. The van der Waals surface area contributed by atoms with Crippen molar-refractivity contribution >= 4 is 11.8 Å². The van der Waals surface area contributed by atoms with Crippen molar-refractivity contribution in [2.24, 2.45) is 0 Å². The van der Waals surface area contributed by atoms with Crippen LogP contribution < -0.4 is 14.2 Å². The molecule has 0 saturated carbocycles. The predicted octanol–water partition coefficient (Wildman–Crippen LogP) is 3.31. The molecule has 0 bridgehead atoms. The van der Waals surface area contributed by atoms with E-state index in [0.717, 1.165) is 24.2 Å².